The van der Waals surface area contributed by atoms with E-state index in [1.54, 1.807) is 31.4 Å². The van der Waals surface area contributed by atoms with Gasteiger partial charge in [0.1, 0.15) is 5.75 Å². The lowest BCUT2D eigenvalue weighted by atomic mass is 9.90. The van der Waals surface area contributed by atoms with Crippen molar-refractivity contribution in [3.63, 3.8) is 0 Å². The number of carbonyl (C=O) groups is 1. The SMILES string of the molecule is COc1ccc(NC(=O)Nc2nc(-c3ccc4c(c3)CCCC4)cs2)cc1. The summed E-state index contributed by atoms with van der Waals surface area (Å²) in [5, 5.41) is 8.15. The molecule has 1 heterocycles. The van der Waals surface area contributed by atoms with Crippen molar-refractivity contribution in [2.24, 2.45) is 0 Å². The molecule has 0 unspecified atom stereocenters. The fourth-order valence-corrected chi connectivity index (χ4v) is 4.01. The number of anilines is 2. The highest BCUT2D eigenvalue weighted by Crippen LogP contribution is 2.29. The lowest BCUT2D eigenvalue weighted by Gasteiger charge is -2.16. The maximum absolute atomic E-state index is 12.2. The van der Waals surface area contributed by atoms with Crippen molar-refractivity contribution in [3.05, 3.63) is 59.0 Å². The van der Waals surface area contributed by atoms with Crippen molar-refractivity contribution in [2.75, 3.05) is 17.7 Å². The van der Waals surface area contributed by atoms with Crippen molar-refractivity contribution < 1.29 is 9.53 Å². The quantitative estimate of drug-likeness (QED) is 0.643. The Morgan fingerprint density at radius 2 is 1.81 bits per heavy atom. The van der Waals surface area contributed by atoms with Crippen LogP contribution in [-0.4, -0.2) is 18.1 Å². The van der Waals surface area contributed by atoms with Gasteiger partial charge in [-0.25, -0.2) is 9.78 Å². The van der Waals surface area contributed by atoms with Gasteiger partial charge in [-0.3, -0.25) is 5.32 Å². The zero-order valence-corrected chi connectivity index (χ0v) is 15.9. The van der Waals surface area contributed by atoms with Gasteiger partial charge >= 0.3 is 6.03 Å². The van der Waals surface area contributed by atoms with Crippen LogP contribution in [0.2, 0.25) is 0 Å². The fourth-order valence-electron chi connectivity index (χ4n) is 3.29. The third-order valence-corrected chi connectivity index (χ3v) is 5.47. The second kappa shape index (κ2) is 7.80. The Morgan fingerprint density at radius 1 is 1.04 bits per heavy atom. The van der Waals surface area contributed by atoms with Crippen LogP contribution in [0.5, 0.6) is 5.75 Å². The van der Waals surface area contributed by atoms with E-state index in [9.17, 15) is 4.79 Å². The second-order valence-electron chi connectivity index (χ2n) is 6.54. The molecule has 0 atom stereocenters. The minimum atomic E-state index is -0.313. The lowest BCUT2D eigenvalue weighted by Crippen LogP contribution is -2.19. The van der Waals surface area contributed by atoms with Crippen molar-refractivity contribution in [1.82, 2.24) is 4.98 Å². The Bertz CT molecular complexity index is 950. The maximum Gasteiger partial charge on any atom is 0.325 e. The minimum Gasteiger partial charge on any atom is -0.497 e. The van der Waals surface area contributed by atoms with Gasteiger partial charge in [-0.2, -0.15) is 0 Å². The van der Waals surface area contributed by atoms with Crippen molar-refractivity contribution in [1.29, 1.82) is 0 Å². The molecule has 27 heavy (non-hydrogen) atoms. The van der Waals surface area contributed by atoms with Crippen LogP contribution >= 0.6 is 11.3 Å². The van der Waals surface area contributed by atoms with Crippen LogP contribution in [0, 0.1) is 0 Å². The van der Waals surface area contributed by atoms with Gasteiger partial charge in [-0.05, 0) is 67.1 Å². The normalized spacial score (nSPS) is 12.9. The van der Waals surface area contributed by atoms with Gasteiger partial charge in [0.25, 0.3) is 0 Å². The zero-order chi connectivity index (χ0) is 18.6. The van der Waals surface area contributed by atoms with Crippen LogP contribution in [0.1, 0.15) is 24.0 Å². The van der Waals surface area contributed by atoms with Crippen LogP contribution < -0.4 is 15.4 Å². The van der Waals surface area contributed by atoms with E-state index in [1.807, 2.05) is 5.38 Å². The molecule has 6 heteroatoms. The number of hydrogen-bond acceptors (Lipinski definition) is 4. The molecule has 1 aromatic heterocycles. The highest BCUT2D eigenvalue weighted by Gasteiger charge is 2.13. The molecular formula is C21H21N3O2S. The molecule has 4 rings (SSSR count). The largest absolute Gasteiger partial charge is 0.497 e. The van der Waals surface area contributed by atoms with Gasteiger partial charge in [0.05, 0.1) is 12.8 Å². The summed E-state index contributed by atoms with van der Waals surface area (Å²) in [5.41, 5.74) is 5.58. The molecule has 2 aromatic carbocycles. The highest BCUT2D eigenvalue weighted by molar-refractivity contribution is 7.14. The molecule has 138 valence electrons. The Balaban J connectivity index is 1.42. The number of rotatable bonds is 4. The van der Waals surface area contributed by atoms with Crippen LogP contribution in [0.3, 0.4) is 0 Å². The Labute approximate surface area is 162 Å². The summed E-state index contributed by atoms with van der Waals surface area (Å²) in [7, 11) is 1.61. The van der Waals surface area contributed by atoms with E-state index in [0.29, 0.717) is 10.8 Å². The number of urea groups is 1. The van der Waals surface area contributed by atoms with Crippen LogP contribution in [0.15, 0.2) is 47.8 Å². The monoisotopic (exact) mass is 379 g/mol. The number of amides is 2. The van der Waals surface area contributed by atoms with Gasteiger partial charge in [0.2, 0.25) is 0 Å². The van der Waals surface area contributed by atoms with E-state index in [4.69, 9.17) is 4.74 Å². The summed E-state index contributed by atoms with van der Waals surface area (Å²) in [4.78, 5) is 16.8. The van der Waals surface area contributed by atoms with Gasteiger partial charge in [0, 0.05) is 16.6 Å². The maximum atomic E-state index is 12.2. The number of ether oxygens (including phenoxy) is 1. The Kier molecular flexibility index (Phi) is 5.07. The first-order valence-electron chi connectivity index (χ1n) is 9.01. The molecular weight excluding hydrogens is 358 g/mol. The van der Waals surface area contributed by atoms with Crippen LogP contribution in [-0.2, 0) is 12.8 Å². The third-order valence-electron chi connectivity index (χ3n) is 4.72. The molecule has 0 spiro atoms. The molecule has 1 aliphatic rings. The number of aryl methyl sites for hydroxylation is 2. The first-order valence-corrected chi connectivity index (χ1v) is 9.89. The standard InChI is InChI=1S/C21H21N3O2S/c1-26-18-10-8-17(9-11-18)22-20(25)24-21-23-19(13-27-21)16-7-6-14-4-2-3-5-15(14)12-16/h6-13H,2-5H2,1H3,(H2,22,23,24,25). The number of fused-ring (bicyclic) bond motifs is 1. The number of nitrogens with zero attached hydrogens (tertiary/aromatic N) is 1. The van der Waals surface area contributed by atoms with Crippen molar-refractivity contribution in [3.8, 4) is 17.0 Å². The fraction of sp³-hybridized carbons (Fsp3) is 0.238. The first-order chi connectivity index (χ1) is 13.2. The molecule has 0 saturated carbocycles. The predicted molar refractivity (Wildman–Crippen MR) is 110 cm³/mol. The van der Waals surface area contributed by atoms with Gasteiger partial charge in [-0.15, -0.1) is 11.3 Å². The van der Waals surface area contributed by atoms with E-state index in [2.05, 4.69) is 33.8 Å². The first kappa shape index (κ1) is 17.5. The topological polar surface area (TPSA) is 63.2 Å². The molecule has 3 aromatic rings. The van der Waals surface area contributed by atoms with Crippen molar-refractivity contribution in [2.45, 2.75) is 25.7 Å². The summed E-state index contributed by atoms with van der Waals surface area (Å²) < 4.78 is 5.11. The summed E-state index contributed by atoms with van der Waals surface area (Å²) in [6.07, 6.45) is 4.85. The summed E-state index contributed by atoms with van der Waals surface area (Å²) >= 11 is 1.42. The summed E-state index contributed by atoms with van der Waals surface area (Å²) in [6, 6.07) is 13.4. The van der Waals surface area contributed by atoms with E-state index in [-0.39, 0.29) is 6.03 Å². The molecule has 0 saturated heterocycles. The molecule has 0 fully saturated rings. The van der Waals surface area contributed by atoms with Crippen LogP contribution in [0.25, 0.3) is 11.3 Å². The molecule has 2 N–H and O–H groups in total. The van der Waals surface area contributed by atoms with E-state index in [0.717, 1.165) is 23.4 Å². The minimum absolute atomic E-state index is 0.313. The zero-order valence-electron chi connectivity index (χ0n) is 15.1. The average molecular weight is 379 g/mol. The van der Waals surface area contributed by atoms with E-state index in [1.165, 1.54) is 41.7 Å². The summed E-state index contributed by atoms with van der Waals surface area (Å²) in [5.74, 6) is 0.746. The molecule has 1 aliphatic carbocycles. The number of hydrogen-bond donors (Lipinski definition) is 2. The number of nitrogens with one attached hydrogen (secondary N) is 2. The van der Waals surface area contributed by atoms with E-state index < -0.39 is 0 Å². The predicted octanol–water partition coefficient (Wildman–Crippen LogP) is 5.34. The molecule has 0 radical (unpaired) electrons. The third kappa shape index (κ3) is 4.11. The van der Waals surface area contributed by atoms with Gasteiger partial charge in [-0.1, -0.05) is 12.1 Å². The number of methoxy groups -OCH3 is 1. The molecule has 2 amide bonds. The van der Waals surface area contributed by atoms with E-state index >= 15 is 0 Å². The average Bonchev–Trinajstić information content (AvgIpc) is 3.16. The number of carbonyl (C=O) groups excluding carboxylic acids is 1. The Hall–Kier alpha value is -2.86. The number of aromatic nitrogens is 1. The summed E-state index contributed by atoms with van der Waals surface area (Å²) in [6.45, 7) is 0. The lowest BCUT2D eigenvalue weighted by molar-refractivity contribution is 0.262. The Morgan fingerprint density at radius 3 is 2.59 bits per heavy atom. The number of benzene rings is 2. The van der Waals surface area contributed by atoms with Gasteiger partial charge in [0.15, 0.2) is 5.13 Å². The molecule has 0 aliphatic heterocycles. The second-order valence-corrected chi connectivity index (χ2v) is 7.39. The molecule has 5 nitrogen and oxygen atoms in total. The smallest absolute Gasteiger partial charge is 0.325 e. The molecule has 0 bridgehead atoms. The van der Waals surface area contributed by atoms with Crippen LogP contribution in [0.4, 0.5) is 15.6 Å². The number of thiazole rings is 1. The van der Waals surface area contributed by atoms with Crippen molar-refractivity contribution >= 4 is 28.2 Å². The highest BCUT2D eigenvalue weighted by atomic mass is 32.1. The van der Waals surface area contributed by atoms with Gasteiger partial charge < -0.3 is 10.1 Å².